The molecule has 0 bridgehead atoms. The summed E-state index contributed by atoms with van der Waals surface area (Å²) in [5, 5.41) is 8.24. The van der Waals surface area contributed by atoms with Gasteiger partial charge in [0.1, 0.15) is 11.6 Å². The quantitative estimate of drug-likeness (QED) is 0.712. The average Bonchev–Trinajstić information content (AvgIpc) is 3.20. The first-order chi connectivity index (χ1) is 12.6. The molecule has 0 spiro atoms. The molecule has 4 nitrogen and oxygen atoms in total. The zero-order chi connectivity index (χ0) is 18.1. The second-order valence-corrected chi connectivity index (χ2v) is 7.43. The third-order valence-corrected chi connectivity index (χ3v) is 5.35. The van der Waals surface area contributed by atoms with Crippen molar-refractivity contribution in [2.45, 2.75) is 17.9 Å². The summed E-state index contributed by atoms with van der Waals surface area (Å²) in [5.41, 5.74) is 3.58. The van der Waals surface area contributed by atoms with E-state index in [-0.39, 0.29) is 18.1 Å². The molecule has 0 aliphatic carbocycles. The van der Waals surface area contributed by atoms with Crippen LogP contribution in [0.1, 0.15) is 16.8 Å². The minimum atomic E-state index is -0.317. The number of hydrogen-bond acceptors (Lipinski definition) is 3. The first-order valence-electron chi connectivity index (χ1n) is 8.09. The van der Waals surface area contributed by atoms with Gasteiger partial charge >= 0.3 is 0 Å². The summed E-state index contributed by atoms with van der Waals surface area (Å²) >= 11 is 7.87. The molecular weight excluding hydrogens is 373 g/mol. The molecule has 3 aromatic rings. The van der Waals surface area contributed by atoms with Gasteiger partial charge in [0.25, 0.3) is 0 Å². The third-order valence-electron chi connectivity index (χ3n) is 4.14. The van der Waals surface area contributed by atoms with Gasteiger partial charge in [0.15, 0.2) is 0 Å². The highest BCUT2D eigenvalue weighted by Gasteiger charge is 2.24. The fourth-order valence-corrected chi connectivity index (χ4v) is 4.12. The monoisotopic (exact) mass is 387 g/mol. The minimum absolute atomic E-state index is 0.167. The van der Waals surface area contributed by atoms with Gasteiger partial charge in [-0.25, -0.2) is 9.07 Å². The number of hydrogen-bond donors (Lipinski definition) is 1. The number of nitrogens with zero attached hydrogens (tertiary/aromatic N) is 2. The van der Waals surface area contributed by atoms with Crippen molar-refractivity contribution in [1.29, 1.82) is 0 Å². The number of carbonyl (C=O) groups is 1. The SMILES string of the molecule is O=C(Cc1ccc(F)cc1)Nc1c2c(nn1-c1cccc(Cl)c1)CSC2. The van der Waals surface area contributed by atoms with E-state index in [1.54, 1.807) is 34.6 Å². The zero-order valence-corrected chi connectivity index (χ0v) is 15.3. The Morgan fingerprint density at radius 3 is 2.81 bits per heavy atom. The number of fused-ring (bicyclic) bond motifs is 1. The van der Waals surface area contributed by atoms with E-state index >= 15 is 0 Å². The molecule has 1 amide bonds. The van der Waals surface area contributed by atoms with Crippen LogP contribution in [0.2, 0.25) is 5.02 Å². The lowest BCUT2D eigenvalue weighted by Gasteiger charge is -2.11. The van der Waals surface area contributed by atoms with Crippen LogP contribution in [0, 0.1) is 5.82 Å². The van der Waals surface area contributed by atoms with Crippen LogP contribution in [-0.2, 0) is 22.7 Å². The first kappa shape index (κ1) is 17.1. The summed E-state index contributed by atoms with van der Waals surface area (Å²) < 4.78 is 14.8. The van der Waals surface area contributed by atoms with E-state index in [0.29, 0.717) is 10.8 Å². The number of halogens is 2. The molecule has 2 aromatic carbocycles. The zero-order valence-electron chi connectivity index (χ0n) is 13.7. The first-order valence-corrected chi connectivity index (χ1v) is 9.62. The fraction of sp³-hybridized carbons (Fsp3) is 0.158. The maximum absolute atomic E-state index is 13.0. The normalized spacial score (nSPS) is 12.8. The number of aromatic nitrogens is 2. The highest BCUT2D eigenvalue weighted by atomic mass is 35.5. The molecule has 0 radical (unpaired) electrons. The summed E-state index contributed by atoms with van der Waals surface area (Å²) in [6, 6.07) is 13.3. The predicted octanol–water partition coefficient (Wildman–Crippen LogP) is 4.59. The molecule has 0 fully saturated rings. The summed E-state index contributed by atoms with van der Waals surface area (Å²) in [6.07, 6.45) is 0.170. The van der Waals surface area contributed by atoms with E-state index in [2.05, 4.69) is 10.4 Å². The van der Waals surface area contributed by atoms with Crippen LogP contribution < -0.4 is 5.32 Å². The molecule has 0 saturated carbocycles. The molecule has 4 rings (SSSR count). The van der Waals surface area contributed by atoms with Crippen molar-refractivity contribution in [2.75, 3.05) is 5.32 Å². The van der Waals surface area contributed by atoms with Crippen molar-refractivity contribution in [2.24, 2.45) is 0 Å². The van der Waals surface area contributed by atoms with Crippen molar-refractivity contribution in [3.63, 3.8) is 0 Å². The lowest BCUT2D eigenvalue weighted by molar-refractivity contribution is -0.115. The summed E-state index contributed by atoms with van der Waals surface area (Å²) in [5.74, 6) is 1.83. The van der Waals surface area contributed by atoms with Gasteiger partial charge in [-0.1, -0.05) is 29.8 Å². The van der Waals surface area contributed by atoms with E-state index in [1.807, 2.05) is 18.2 Å². The topological polar surface area (TPSA) is 46.9 Å². The fourth-order valence-electron chi connectivity index (χ4n) is 2.90. The number of amides is 1. The Morgan fingerprint density at radius 1 is 1.23 bits per heavy atom. The maximum Gasteiger partial charge on any atom is 0.229 e. The molecule has 0 saturated heterocycles. The van der Waals surface area contributed by atoms with Crippen LogP contribution >= 0.6 is 23.4 Å². The van der Waals surface area contributed by atoms with E-state index in [1.165, 1.54) is 12.1 Å². The molecule has 7 heteroatoms. The Hall–Kier alpha value is -2.31. The van der Waals surface area contributed by atoms with Gasteiger partial charge in [-0.05, 0) is 35.9 Å². The van der Waals surface area contributed by atoms with Gasteiger partial charge in [0.2, 0.25) is 5.91 Å². The lowest BCUT2D eigenvalue weighted by Crippen LogP contribution is -2.18. The summed E-state index contributed by atoms with van der Waals surface area (Å²) in [6.45, 7) is 0. The Kier molecular flexibility index (Phi) is 4.70. The van der Waals surface area contributed by atoms with E-state index in [9.17, 15) is 9.18 Å². The molecule has 0 unspecified atom stereocenters. The number of rotatable bonds is 4. The van der Waals surface area contributed by atoms with Crippen LogP contribution in [0.4, 0.5) is 10.2 Å². The average molecular weight is 388 g/mol. The van der Waals surface area contributed by atoms with Crippen molar-refractivity contribution in [3.8, 4) is 5.69 Å². The van der Waals surface area contributed by atoms with Gasteiger partial charge in [-0.2, -0.15) is 16.9 Å². The van der Waals surface area contributed by atoms with E-state index in [0.717, 1.165) is 34.0 Å². The van der Waals surface area contributed by atoms with Gasteiger partial charge in [-0.15, -0.1) is 0 Å². The highest BCUT2D eigenvalue weighted by Crippen LogP contribution is 2.36. The van der Waals surface area contributed by atoms with Crippen molar-refractivity contribution in [1.82, 2.24) is 9.78 Å². The number of anilines is 1. The minimum Gasteiger partial charge on any atom is -0.310 e. The molecular formula is C19H15ClFN3OS. The summed E-state index contributed by atoms with van der Waals surface area (Å²) in [4.78, 5) is 12.5. The molecule has 2 heterocycles. The number of nitrogens with one attached hydrogen (secondary N) is 1. The molecule has 0 atom stereocenters. The van der Waals surface area contributed by atoms with Crippen LogP contribution in [0.3, 0.4) is 0 Å². The highest BCUT2D eigenvalue weighted by molar-refractivity contribution is 7.98. The molecule has 1 aliphatic rings. The van der Waals surface area contributed by atoms with Crippen LogP contribution in [0.5, 0.6) is 0 Å². The van der Waals surface area contributed by atoms with Crippen LogP contribution in [0.25, 0.3) is 5.69 Å². The Labute approximate surface area is 159 Å². The second kappa shape index (κ2) is 7.13. The van der Waals surface area contributed by atoms with Crippen molar-refractivity contribution in [3.05, 3.63) is 76.2 Å². The van der Waals surface area contributed by atoms with Crippen LogP contribution in [-0.4, -0.2) is 15.7 Å². The number of carbonyl (C=O) groups excluding carboxylic acids is 1. The van der Waals surface area contributed by atoms with Crippen molar-refractivity contribution >= 4 is 35.1 Å². The Bertz CT molecular complexity index is 971. The van der Waals surface area contributed by atoms with Gasteiger partial charge in [0.05, 0.1) is 17.8 Å². The second-order valence-electron chi connectivity index (χ2n) is 6.01. The Balaban J connectivity index is 1.63. The van der Waals surface area contributed by atoms with Crippen LogP contribution in [0.15, 0.2) is 48.5 Å². The molecule has 1 aliphatic heterocycles. The summed E-state index contributed by atoms with van der Waals surface area (Å²) in [7, 11) is 0. The molecule has 1 aromatic heterocycles. The standard InChI is InChI=1S/C19H15ClFN3OS/c20-13-2-1-3-15(9-13)24-19(16-10-26-11-17(16)23-24)22-18(25)8-12-4-6-14(21)7-5-12/h1-7,9H,8,10-11H2,(H,22,25). The van der Waals surface area contributed by atoms with Gasteiger partial charge in [-0.3, -0.25) is 4.79 Å². The van der Waals surface area contributed by atoms with Gasteiger partial charge in [0, 0.05) is 22.1 Å². The number of benzene rings is 2. The van der Waals surface area contributed by atoms with Crippen molar-refractivity contribution < 1.29 is 9.18 Å². The Morgan fingerprint density at radius 2 is 2.04 bits per heavy atom. The number of thioether (sulfide) groups is 1. The molecule has 26 heavy (non-hydrogen) atoms. The third kappa shape index (κ3) is 3.48. The smallest absolute Gasteiger partial charge is 0.229 e. The predicted molar refractivity (Wildman–Crippen MR) is 102 cm³/mol. The van der Waals surface area contributed by atoms with E-state index < -0.39 is 0 Å². The largest absolute Gasteiger partial charge is 0.310 e. The van der Waals surface area contributed by atoms with Gasteiger partial charge < -0.3 is 5.32 Å². The molecule has 1 N–H and O–H groups in total. The molecule has 132 valence electrons. The van der Waals surface area contributed by atoms with E-state index in [4.69, 9.17) is 11.6 Å². The lowest BCUT2D eigenvalue weighted by atomic mass is 10.1. The maximum atomic E-state index is 13.0.